The number of piperazine rings is 1. The third kappa shape index (κ3) is 3.88. The molecule has 0 saturated carbocycles. The molecule has 0 aliphatic carbocycles. The van der Waals surface area contributed by atoms with Crippen LogP contribution in [0.4, 0.5) is 5.69 Å². The van der Waals surface area contributed by atoms with Gasteiger partial charge in [0, 0.05) is 5.56 Å². The van der Waals surface area contributed by atoms with Crippen molar-refractivity contribution >= 4 is 5.69 Å². The van der Waals surface area contributed by atoms with Gasteiger partial charge in [-0.1, -0.05) is 12.1 Å². The van der Waals surface area contributed by atoms with Crippen LogP contribution >= 0.6 is 0 Å². The van der Waals surface area contributed by atoms with Gasteiger partial charge in [0.2, 0.25) is 0 Å². The van der Waals surface area contributed by atoms with Gasteiger partial charge in [0.1, 0.15) is 12.3 Å². The summed E-state index contributed by atoms with van der Waals surface area (Å²) in [5.74, 6) is 2.55. The summed E-state index contributed by atoms with van der Waals surface area (Å²) in [6, 6.07) is 12.4. The van der Waals surface area contributed by atoms with Crippen molar-refractivity contribution in [3.63, 3.8) is 0 Å². The molecular formula is C21H29N2O3+. The Hall–Kier alpha value is -2.40. The predicted octanol–water partition coefficient (Wildman–Crippen LogP) is 1.93. The Morgan fingerprint density at radius 1 is 0.885 bits per heavy atom. The highest BCUT2D eigenvalue weighted by molar-refractivity contribution is 5.58. The summed E-state index contributed by atoms with van der Waals surface area (Å²) in [6.45, 7) is 7.41. The Morgan fingerprint density at radius 2 is 1.50 bits per heavy atom. The fraction of sp³-hybridized carbons (Fsp3) is 0.429. The summed E-state index contributed by atoms with van der Waals surface area (Å²) in [5.41, 5.74) is 3.77. The van der Waals surface area contributed by atoms with Crippen LogP contribution in [0, 0.1) is 6.92 Å². The SMILES string of the molecule is COc1cc(C)c(C[NH+]2CCN(c3ccccc3OC)CC2)cc1OC. The Balaban J connectivity index is 1.66. The summed E-state index contributed by atoms with van der Waals surface area (Å²) in [6.07, 6.45) is 0. The third-order valence-corrected chi connectivity index (χ3v) is 5.18. The minimum atomic E-state index is 0.796. The molecule has 0 aromatic heterocycles. The number of hydrogen-bond acceptors (Lipinski definition) is 4. The second kappa shape index (κ2) is 8.32. The van der Waals surface area contributed by atoms with Gasteiger partial charge in [-0.25, -0.2) is 0 Å². The number of hydrogen-bond donors (Lipinski definition) is 1. The molecule has 140 valence electrons. The molecule has 0 radical (unpaired) electrons. The van der Waals surface area contributed by atoms with E-state index >= 15 is 0 Å². The molecule has 1 heterocycles. The van der Waals surface area contributed by atoms with Crippen molar-refractivity contribution in [2.24, 2.45) is 0 Å². The Labute approximate surface area is 156 Å². The van der Waals surface area contributed by atoms with Crippen LogP contribution in [0.1, 0.15) is 11.1 Å². The lowest BCUT2D eigenvalue weighted by Crippen LogP contribution is -3.13. The van der Waals surface area contributed by atoms with E-state index in [1.165, 1.54) is 16.8 Å². The van der Waals surface area contributed by atoms with E-state index < -0.39 is 0 Å². The molecule has 0 bridgehead atoms. The maximum absolute atomic E-state index is 5.51. The topological polar surface area (TPSA) is 35.4 Å². The Kier molecular flexibility index (Phi) is 5.89. The van der Waals surface area contributed by atoms with Crippen molar-refractivity contribution in [2.45, 2.75) is 13.5 Å². The van der Waals surface area contributed by atoms with Gasteiger partial charge in [-0.2, -0.15) is 0 Å². The monoisotopic (exact) mass is 357 g/mol. The van der Waals surface area contributed by atoms with E-state index in [1.54, 1.807) is 26.2 Å². The van der Waals surface area contributed by atoms with Crippen molar-refractivity contribution < 1.29 is 19.1 Å². The number of anilines is 1. The maximum atomic E-state index is 5.51. The van der Waals surface area contributed by atoms with Gasteiger partial charge in [-0.15, -0.1) is 0 Å². The van der Waals surface area contributed by atoms with Crippen molar-refractivity contribution in [3.05, 3.63) is 47.5 Å². The standard InChI is InChI=1S/C21H28N2O3/c1-16-13-20(25-3)21(26-4)14-17(16)15-22-9-11-23(12-10-22)18-7-5-6-8-19(18)24-2/h5-8,13-14H,9-12,15H2,1-4H3/p+1. The molecule has 3 rings (SSSR count). The summed E-state index contributed by atoms with van der Waals surface area (Å²) in [4.78, 5) is 4.01. The fourth-order valence-corrected chi connectivity index (χ4v) is 3.61. The molecule has 1 aliphatic rings. The third-order valence-electron chi connectivity index (χ3n) is 5.18. The number of para-hydroxylation sites is 2. The van der Waals surface area contributed by atoms with Crippen LogP contribution < -0.4 is 24.0 Å². The zero-order valence-corrected chi connectivity index (χ0v) is 16.2. The van der Waals surface area contributed by atoms with E-state index in [9.17, 15) is 0 Å². The molecule has 0 amide bonds. The quantitative estimate of drug-likeness (QED) is 0.857. The summed E-state index contributed by atoms with van der Waals surface area (Å²) < 4.78 is 16.4. The van der Waals surface area contributed by atoms with Gasteiger partial charge in [0.25, 0.3) is 0 Å². The number of benzene rings is 2. The largest absolute Gasteiger partial charge is 0.495 e. The molecule has 5 heteroatoms. The van der Waals surface area contributed by atoms with Gasteiger partial charge >= 0.3 is 0 Å². The lowest BCUT2D eigenvalue weighted by molar-refractivity contribution is -0.914. The maximum Gasteiger partial charge on any atom is 0.161 e. The molecule has 2 aromatic carbocycles. The fourth-order valence-electron chi connectivity index (χ4n) is 3.61. The van der Waals surface area contributed by atoms with E-state index in [0.29, 0.717) is 0 Å². The second-order valence-corrected chi connectivity index (χ2v) is 6.72. The molecular weight excluding hydrogens is 328 g/mol. The van der Waals surface area contributed by atoms with Crippen molar-refractivity contribution in [1.29, 1.82) is 0 Å². The highest BCUT2D eigenvalue weighted by Gasteiger charge is 2.23. The molecule has 26 heavy (non-hydrogen) atoms. The van der Waals surface area contributed by atoms with Gasteiger partial charge < -0.3 is 24.0 Å². The first-order valence-electron chi connectivity index (χ1n) is 9.09. The molecule has 0 atom stereocenters. The number of nitrogens with one attached hydrogen (secondary N) is 1. The number of aryl methyl sites for hydroxylation is 1. The van der Waals surface area contributed by atoms with Crippen LogP contribution in [0.25, 0.3) is 0 Å². The number of nitrogens with zero attached hydrogens (tertiary/aromatic N) is 1. The first-order chi connectivity index (χ1) is 12.7. The summed E-state index contributed by atoms with van der Waals surface area (Å²) in [7, 11) is 5.11. The number of methoxy groups -OCH3 is 3. The predicted molar refractivity (Wildman–Crippen MR) is 104 cm³/mol. The molecule has 5 nitrogen and oxygen atoms in total. The number of ether oxygens (including phenoxy) is 3. The van der Waals surface area contributed by atoms with Crippen molar-refractivity contribution in [1.82, 2.24) is 0 Å². The van der Waals surface area contributed by atoms with Crippen LogP contribution in [0.5, 0.6) is 17.2 Å². The molecule has 1 N–H and O–H groups in total. The van der Waals surface area contributed by atoms with E-state index in [0.717, 1.165) is 50.0 Å². The zero-order chi connectivity index (χ0) is 18.5. The first-order valence-corrected chi connectivity index (χ1v) is 9.09. The minimum Gasteiger partial charge on any atom is -0.495 e. The summed E-state index contributed by atoms with van der Waals surface area (Å²) in [5, 5.41) is 0. The van der Waals surface area contributed by atoms with Crippen LogP contribution in [0.2, 0.25) is 0 Å². The highest BCUT2D eigenvalue weighted by atomic mass is 16.5. The number of rotatable bonds is 6. The first kappa shape index (κ1) is 18.4. The van der Waals surface area contributed by atoms with Crippen LogP contribution in [0.15, 0.2) is 36.4 Å². The Morgan fingerprint density at radius 3 is 2.15 bits per heavy atom. The average molecular weight is 357 g/mol. The molecule has 1 saturated heterocycles. The molecule has 1 fully saturated rings. The van der Waals surface area contributed by atoms with Crippen molar-refractivity contribution in [2.75, 3.05) is 52.4 Å². The van der Waals surface area contributed by atoms with Gasteiger partial charge in [-0.3, -0.25) is 0 Å². The normalized spacial score (nSPS) is 15.0. The van der Waals surface area contributed by atoms with Crippen molar-refractivity contribution in [3.8, 4) is 17.2 Å². The van der Waals surface area contributed by atoms with Crippen LogP contribution in [0.3, 0.4) is 0 Å². The van der Waals surface area contributed by atoms with E-state index in [1.807, 2.05) is 12.1 Å². The molecule has 2 aromatic rings. The van der Waals surface area contributed by atoms with Gasteiger partial charge in [0.15, 0.2) is 11.5 Å². The lowest BCUT2D eigenvalue weighted by Gasteiger charge is -2.34. The molecule has 0 unspecified atom stereocenters. The van der Waals surface area contributed by atoms with Gasteiger partial charge in [-0.05, 0) is 36.8 Å². The smallest absolute Gasteiger partial charge is 0.161 e. The average Bonchev–Trinajstić information content (AvgIpc) is 2.69. The van der Waals surface area contributed by atoms with Crippen LogP contribution in [-0.2, 0) is 6.54 Å². The van der Waals surface area contributed by atoms with E-state index in [-0.39, 0.29) is 0 Å². The molecule has 1 aliphatic heterocycles. The highest BCUT2D eigenvalue weighted by Crippen LogP contribution is 2.30. The van der Waals surface area contributed by atoms with E-state index in [4.69, 9.17) is 14.2 Å². The zero-order valence-electron chi connectivity index (χ0n) is 16.2. The minimum absolute atomic E-state index is 0.796. The van der Waals surface area contributed by atoms with E-state index in [2.05, 4.69) is 36.1 Å². The van der Waals surface area contributed by atoms with Crippen LogP contribution in [-0.4, -0.2) is 47.5 Å². The summed E-state index contributed by atoms with van der Waals surface area (Å²) >= 11 is 0. The van der Waals surface area contributed by atoms with Gasteiger partial charge in [0.05, 0.1) is 53.2 Å². The number of quaternary nitrogens is 1. The lowest BCUT2D eigenvalue weighted by atomic mass is 10.1. The second-order valence-electron chi connectivity index (χ2n) is 6.72. The molecule has 0 spiro atoms. The Bertz CT molecular complexity index is 740.